The first-order valence-electron chi connectivity index (χ1n) is 6.44. The molecule has 0 bridgehead atoms. The van der Waals surface area contributed by atoms with Crippen molar-refractivity contribution in [1.82, 2.24) is 0 Å². The second-order valence-electron chi connectivity index (χ2n) is 4.55. The van der Waals surface area contributed by atoms with Crippen LogP contribution < -0.4 is 0 Å². The Hall–Kier alpha value is -2.05. The largest absolute Gasteiger partial charge is 0.485 e. The van der Waals surface area contributed by atoms with Gasteiger partial charge < -0.3 is 14.2 Å². The van der Waals surface area contributed by atoms with Crippen molar-refractivity contribution in [2.45, 2.75) is 0 Å². The molecular formula is C15H12Cl2O6. The van der Waals surface area contributed by atoms with Gasteiger partial charge in [-0.1, -0.05) is 35.3 Å². The molecule has 23 heavy (non-hydrogen) atoms. The number of carbonyl (C=O) groups is 3. The Balaban J connectivity index is 2.65. The van der Waals surface area contributed by atoms with Crippen LogP contribution in [0.15, 0.2) is 24.0 Å². The molecule has 0 aliphatic carbocycles. The summed E-state index contributed by atoms with van der Waals surface area (Å²) in [4.78, 5) is 36.3. The lowest BCUT2D eigenvalue weighted by molar-refractivity contribution is -0.153. The molecule has 122 valence electrons. The number of carbonyl (C=O) groups excluding carboxylic acids is 3. The first kappa shape index (κ1) is 17.3. The van der Waals surface area contributed by atoms with Gasteiger partial charge >= 0.3 is 11.9 Å². The summed E-state index contributed by atoms with van der Waals surface area (Å²) < 4.78 is 14.5. The van der Waals surface area contributed by atoms with Gasteiger partial charge in [-0.05, 0) is 6.07 Å². The third-order valence-corrected chi connectivity index (χ3v) is 4.08. The van der Waals surface area contributed by atoms with Gasteiger partial charge in [0.1, 0.15) is 6.61 Å². The van der Waals surface area contributed by atoms with Crippen molar-refractivity contribution in [3.8, 4) is 0 Å². The van der Waals surface area contributed by atoms with Crippen LogP contribution in [0.1, 0.15) is 5.56 Å². The van der Waals surface area contributed by atoms with Crippen LogP contribution in [0.4, 0.5) is 0 Å². The zero-order valence-electron chi connectivity index (χ0n) is 12.2. The molecular weight excluding hydrogens is 347 g/mol. The van der Waals surface area contributed by atoms with Crippen molar-refractivity contribution in [3.63, 3.8) is 0 Å². The van der Waals surface area contributed by atoms with E-state index in [0.717, 1.165) is 14.2 Å². The van der Waals surface area contributed by atoms with Gasteiger partial charge in [0.05, 0.1) is 29.8 Å². The molecule has 0 radical (unpaired) electrons. The van der Waals surface area contributed by atoms with Crippen molar-refractivity contribution in [2.75, 3.05) is 20.8 Å². The maximum absolute atomic E-state index is 12.7. The van der Waals surface area contributed by atoms with Crippen LogP contribution in [0.25, 0.3) is 5.57 Å². The van der Waals surface area contributed by atoms with E-state index in [4.69, 9.17) is 27.9 Å². The molecule has 1 aliphatic heterocycles. The Labute approximate surface area is 141 Å². The van der Waals surface area contributed by atoms with E-state index in [1.165, 1.54) is 12.1 Å². The minimum atomic E-state index is -1.20. The second-order valence-corrected chi connectivity index (χ2v) is 5.33. The summed E-state index contributed by atoms with van der Waals surface area (Å²) in [5, 5.41) is 0.252. The van der Waals surface area contributed by atoms with E-state index >= 15 is 0 Å². The smallest absolute Gasteiger partial charge is 0.374 e. The molecule has 2 rings (SSSR count). The van der Waals surface area contributed by atoms with Crippen molar-refractivity contribution in [3.05, 3.63) is 39.6 Å². The van der Waals surface area contributed by atoms with Crippen molar-refractivity contribution >= 4 is 46.5 Å². The predicted molar refractivity (Wildman–Crippen MR) is 81.9 cm³/mol. The highest BCUT2D eigenvalue weighted by Crippen LogP contribution is 2.36. The third kappa shape index (κ3) is 3.18. The number of ether oxygens (including phenoxy) is 3. The average molecular weight is 359 g/mol. The van der Waals surface area contributed by atoms with Gasteiger partial charge in [0.15, 0.2) is 11.7 Å². The zero-order chi connectivity index (χ0) is 17.1. The summed E-state index contributed by atoms with van der Waals surface area (Å²) in [6, 6.07) is 4.57. The summed E-state index contributed by atoms with van der Waals surface area (Å²) >= 11 is 12.1. The Morgan fingerprint density at radius 1 is 1.22 bits per heavy atom. The number of Topliss-reactive ketones (excluding diaryl/α,β-unsaturated/α-hetero) is 1. The standard InChI is InChI=1S/C15H12Cl2O6/c1-21-14(19)8-6-23-13(15(20)22-2)10(12(8)18)7-4-3-5-9(16)11(7)17/h3-5,8H,6H2,1-2H3. The molecule has 1 aliphatic rings. The highest BCUT2D eigenvalue weighted by molar-refractivity contribution is 6.45. The molecule has 0 fully saturated rings. The van der Waals surface area contributed by atoms with Crippen LogP contribution in [0.5, 0.6) is 0 Å². The van der Waals surface area contributed by atoms with Crippen molar-refractivity contribution in [2.24, 2.45) is 5.92 Å². The molecule has 1 atom stereocenters. The average Bonchev–Trinajstić information content (AvgIpc) is 2.56. The van der Waals surface area contributed by atoms with Crippen LogP contribution in [-0.4, -0.2) is 38.5 Å². The molecule has 0 amide bonds. The van der Waals surface area contributed by atoms with E-state index in [-0.39, 0.29) is 33.5 Å². The number of benzene rings is 1. The van der Waals surface area contributed by atoms with Crippen LogP contribution in [0.2, 0.25) is 10.0 Å². The Morgan fingerprint density at radius 3 is 2.52 bits per heavy atom. The van der Waals surface area contributed by atoms with E-state index < -0.39 is 23.6 Å². The van der Waals surface area contributed by atoms with Gasteiger partial charge in [-0.3, -0.25) is 9.59 Å². The fraction of sp³-hybridized carbons (Fsp3) is 0.267. The van der Waals surface area contributed by atoms with E-state index in [9.17, 15) is 14.4 Å². The summed E-state index contributed by atoms with van der Waals surface area (Å²) in [5.74, 6) is -3.78. The molecule has 0 saturated heterocycles. The quantitative estimate of drug-likeness (QED) is 0.609. The normalized spacial score (nSPS) is 17.6. The number of hydrogen-bond acceptors (Lipinski definition) is 6. The van der Waals surface area contributed by atoms with E-state index in [2.05, 4.69) is 9.47 Å². The molecule has 1 heterocycles. The molecule has 0 spiro atoms. The fourth-order valence-corrected chi connectivity index (χ4v) is 2.52. The zero-order valence-corrected chi connectivity index (χ0v) is 13.7. The predicted octanol–water partition coefficient (Wildman–Crippen LogP) is 2.27. The third-order valence-electron chi connectivity index (χ3n) is 3.26. The lowest BCUT2D eigenvalue weighted by Crippen LogP contribution is -2.36. The van der Waals surface area contributed by atoms with E-state index in [1.54, 1.807) is 6.07 Å². The highest BCUT2D eigenvalue weighted by Gasteiger charge is 2.40. The van der Waals surface area contributed by atoms with Gasteiger partial charge in [-0.15, -0.1) is 0 Å². The summed E-state index contributed by atoms with van der Waals surface area (Å²) in [7, 11) is 2.30. The number of ketones is 1. The molecule has 6 nitrogen and oxygen atoms in total. The number of esters is 2. The number of halogens is 2. The van der Waals surface area contributed by atoms with Gasteiger partial charge in [-0.2, -0.15) is 0 Å². The SMILES string of the molecule is COC(=O)C1=C(c2cccc(Cl)c2Cl)C(=O)C(C(=O)OC)CO1. The van der Waals surface area contributed by atoms with Gasteiger partial charge in [-0.25, -0.2) is 4.79 Å². The molecule has 0 aromatic heterocycles. The van der Waals surface area contributed by atoms with Gasteiger partial charge in [0.2, 0.25) is 5.76 Å². The second kappa shape index (κ2) is 7.02. The first-order valence-corrected chi connectivity index (χ1v) is 7.19. The van der Waals surface area contributed by atoms with Gasteiger partial charge in [0, 0.05) is 5.56 Å². The van der Waals surface area contributed by atoms with Crippen LogP contribution in [-0.2, 0) is 28.6 Å². The molecule has 1 unspecified atom stereocenters. The van der Waals surface area contributed by atoms with E-state index in [1.807, 2.05) is 0 Å². The topological polar surface area (TPSA) is 78.9 Å². The van der Waals surface area contributed by atoms with Gasteiger partial charge in [0.25, 0.3) is 0 Å². The van der Waals surface area contributed by atoms with E-state index in [0.29, 0.717) is 0 Å². The summed E-state index contributed by atoms with van der Waals surface area (Å²) in [5.41, 5.74) is 0.0177. The Bertz CT molecular complexity index is 710. The molecule has 1 aromatic rings. The summed E-state index contributed by atoms with van der Waals surface area (Å²) in [6.45, 7) is -0.322. The van der Waals surface area contributed by atoms with Crippen LogP contribution in [0, 0.1) is 5.92 Å². The van der Waals surface area contributed by atoms with Crippen molar-refractivity contribution < 1.29 is 28.6 Å². The van der Waals surface area contributed by atoms with Crippen LogP contribution >= 0.6 is 23.2 Å². The first-order chi connectivity index (χ1) is 10.9. The number of allylic oxidation sites excluding steroid dienone is 1. The number of hydrogen-bond donors (Lipinski definition) is 0. The lowest BCUT2D eigenvalue weighted by Gasteiger charge is -2.24. The highest BCUT2D eigenvalue weighted by atomic mass is 35.5. The maximum Gasteiger partial charge on any atom is 0.374 e. The molecule has 0 saturated carbocycles. The Morgan fingerprint density at radius 2 is 1.91 bits per heavy atom. The number of rotatable bonds is 3. The Kier molecular flexibility index (Phi) is 5.28. The molecule has 8 heteroatoms. The molecule has 1 aromatic carbocycles. The van der Waals surface area contributed by atoms with Crippen LogP contribution in [0.3, 0.4) is 0 Å². The lowest BCUT2D eigenvalue weighted by atomic mass is 9.90. The fourth-order valence-electron chi connectivity index (χ4n) is 2.12. The molecule has 0 N–H and O–H groups in total. The summed E-state index contributed by atoms with van der Waals surface area (Å²) in [6.07, 6.45) is 0. The minimum absolute atomic E-state index is 0.0630. The monoisotopic (exact) mass is 358 g/mol. The van der Waals surface area contributed by atoms with Crippen molar-refractivity contribution in [1.29, 1.82) is 0 Å². The maximum atomic E-state index is 12.7. The number of methoxy groups -OCH3 is 2. The minimum Gasteiger partial charge on any atom is -0.485 e.